The van der Waals surface area contributed by atoms with Crippen LogP contribution in [0.25, 0.3) is 0 Å². The molecular formula is C30H26FN3O5. The highest BCUT2D eigenvalue weighted by molar-refractivity contribution is 5.92. The predicted octanol–water partition coefficient (Wildman–Crippen LogP) is 4.84. The van der Waals surface area contributed by atoms with Crippen LogP contribution in [0.4, 0.5) is 4.39 Å². The Kier molecular flexibility index (Phi) is 6.71. The summed E-state index contributed by atoms with van der Waals surface area (Å²) in [5, 5.41) is 2.88. The Hall–Kier alpha value is -4.66. The van der Waals surface area contributed by atoms with Gasteiger partial charge in [0, 0.05) is 13.1 Å². The topological polar surface area (TPSA) is 93.9 Å². The fraction of sp³-hybridized carbons (Fsp3) is 0.233. The molecule has 0 fully saturated rings. The van der Waals surface area contributed by atoms with Crippen molar-refractivity contribution in [2.45, 2.75) is 25.3 Å². The number of rotatable bonds is 1. The van der Waals surface area contributed by atoms with Crippen LogP contribution in [0.1, 0.15) is 45.2 Å². The Bertz CT molecular complexity index is 1520. The van der Waals surface area contributed by atoms with Gasteiger partial charge >= 0.3 is 0 Å². The maximum Gasteiger partial charge on any atom is 0.276 e. The number of aromatic nitrogens is 1. The van der Waals surface area contributed by atoms with Crippen LogP contribution >= 0.6 is 0 Å². The first-order valence-electron chi connectivity index (χ1n) is 12.8. The number of nitrogens with one attached hydrogen (secondary N) is 1. The van der Waals surface area contributed by atoms with Crippen molar-refractivity contribution in [1.29, 1.82) is 0 Å². The number of hydrogen-bond acceptors (Lipinski definition) is 6. The molecule has 0 spiro atoms. The molecule has 0 radical (unpaired) electrons. The van der Waals surface area contributed by atoms with E-state index >= 15 is 0 Å². The summed E-state index contributed by atoms with van der Waals surface area (Å²) < 4.78 is 31.7. The van der Waals surface area contributed by atoms with Crippen LogP contribution in [0.3, 0.4) is 0 Å². The second kappa shape index (κ2) is 10.6. The highest BCUT2D eigenvalue weighted by atomic mass is 19.1. The molecule has 4 heterocycles. The Morgan fingerprint density at radius 3 is 2.87 bits per heavy atom. The molecule has 0 saturated carbocycles. The lowest BCUT2D eigenvalue weighted by molar-refractivity contribution is -0.120. The third-order valence-electron chi connectivity index (χ3n) is 6.93. The molecule has 1 N–H and O–H groups in total. The molecule has 198 valence electrons. The Labute approximate surface area is 224 Å². The third-order valence-corrected chi connectivity index (χ3v) is 6.93. The lowest BCUT2D eigenvalue weighted by atomic mass is 9.87. The maximum atomic E-state index is 14.6. The SMILES string of the molecule is O=C1Cc2ccc(F)c(c2)Oc2ccc3c(c2)CCN(C(=O)c2cocn2)C3c2cccc(c2)OCCCN1. The van der Waals surface area contributed by atoms with Gasteiger partial charge in [-0.1, -0.05) is 24.3 Å². The Morgan fingerprint density at radius 1 is 1.08 bits per heavy atom. The van der Waals surface area contributed by atoms with Crippen LogP contribution < -0.4 is 14.8 Å². The van der Waals surface area contributed by atoms with E-state index in [2.05, 4.69) is 10.3 Å². The van der Waals surface area contributed by atoms with Crippen LogP contribution in [-0.2, 0) is 17.6 Å². The number of oxazole rings is 1. The number of hydrogen-bond donors (Lipinski definition) is 1. The zero-order chi connectivity index (χ0) is 26.8. The number of ether oxygens (including phenoxy) is 2. The van der Waals surface area contributed by atoms with Gasteiger partial charge in [-0.2, -0.15) is 0 Å². The van der Waals surface area contributed by atoms with E-state index in [1.165, 1.54) is 18.7 Å². The van der Waals surface area contributed by atoms with E-state index in [0.29, 0.717) is 49.6 Å². The molecule has 9 heteroatoms. The van der Waals surface area contributed by atoms with Crippen LogP contribution in [-0.4, -0.2) is 41.4 Å². The number of nitrogens with zero attached hydrogens (tertiary/aromatic N) is 2. The molecule has 3 aromatic carbocycles. The summed E-state index contributed by atoms with van der Waals surface area (Å²) in [7, 11) is 0. The van der Waals surface area contributed by atoms with E-state index < -0.39 is 11.9 Å². The van der Waals surface area contributed by atoms with Crippen molar-refractivity contribution in [2.75, 3.05) is 19.7 Å². The van der Waals surface area contributed by atoms with Crippen molar-refractivity contribution in [3.05, 3.63) is 107 Å². The molecule has 1 aromatic heterocycles. The van der Waals surface area contributed by atoms with Crippen molar-refractivity contribution in [3.63, 3.8) is 0 Å². The van der Waals surface area contributed by atoms with Crippen LogP contribution in [0, 0.1) is 5.82 Å². The van der Waals surface area contributed by atoms with E-state index in [9.17, 15) is 14.0 Å². The second-order valence-electron chi connectivity index (χ2n) is 9.55. The summed E-state index contributed by atoms with van der Waals surface area (Å²) in [4.78, 5) is 31.7. The molecule has 4 aromatic rings. The fourth-order valence-electron chi connectivity index (χ4n) is 5.09. The molecule has 39 heavy (non-hydrogen) atoms. The van der Waals surface area contributed by atoms with Gasteiger partial charge in [-0.05, 0) is 71.5 Å². The van der Waals surface area contributed by atoms with Gasteiger partial charge in [-0.25, -0.2) is 9.37 Å². The molecule has 0 saturated heterocycles. The molecule has 1 unspecified atom stereocenters. The van der Waals surface area contributed by atoms with Crippen molar-refractivity contribution >= 4 is 11.8 Å². The predicted molar refractivity (Wildman–Crippen MR) is 139 cm³/mol. The Balaban J connectivity index is 1.42. The summed E-state index contributed by atoms with van der Waals surface area (Å²) in [6.45, 7) is 1.29. The average Bonchev–Trinajstić information content (AvgIpc) is 3.48. The summed E-state index contributed by atoms with van der Waals surface area (Å²) in [6.07, 6.45) is 3.89. The molecule has 8 nitrogen and oxygen atoms in total. The first-order valence-corrected chi connectivity index (χ1v) is 12.8. The summed E-state index contributed by atoms with van der Waals surface area (Å²) in [6, 6.07) is 17.3. The van der Waals surface area contributed by atoms with Crippen molar-refractivity contribution in [3.8, 4) is 17.2 Å². The van der Waals surface area contributed by atoms with Gasteiger partial charge in [-0.3, -0.25) is 9.59 Å². The van der Waals surface area contributed by atoms with Gasteiger partial charge in [0.15, 0.2) is 23.7 Å². The Morgan fingerprint density at radius 2 is 2.00 bits per heavy atom. The molecular weight excluding hydrogens is 501 g/mol. The lowest BCUT2D eigenvalue weighted by Gasteiger charge is -2.37. The van der Waals surface area contributed by atoms with Crippen LogP contribution in [0.2, 0.25) is 0 Å². The second-order valence-corrected chi connectivity index (χ2v) is 9.55. The zero-order valence-corrected chi connectivity index (χ0v) is 21.1. The average molecular weight is 528 g/mol. The molecule has 7 rings (SSSR count). The zero-order valence-electron chi connectivity index (χ0n) is 21.1. The van der Waals surface area contributed by atoms with Crippen LogP contribution in [0.15, 0.2) is 77.7 Å². The van der Waals surface area contributed by atoms with Crippen molar-refractivity contribution in [2.24, 2.45) is 0 Å². The lowest BCUT2D eigenvalue weighted by Crippen LogP contribution is -2.40. The smallest absolute Gasteiger partial charge is 0.276 e. The highest BCUT2D eigenvalue weighted by Crippen LogP contribution is 2.39. The van der Waals surface area contributed by atoms with Gasteiger partial charge in [-0.15, -0.1) is 0 Å². The van der Waals surface area contributed by atoms with Crippen molar-refractivity contribution < 1.29 is 27.9 Å². The molecule has 0 aliphatic carbocycles. The largest absolute Gasteiger partial charge is 0.494 e. The molecule has 1 atom stereocenters. The fourth-order valence-corrected chi connectivity index (χ4v) is 5.09. The van der Waals surface area contributed by atoms with E-state index in [1.54, 1.807) is 23.1 Å². The third kappa shape index (κ3) is 5.20. The minimum Gasteiger partial charge on any atom is -0.494 e. The number of amides is 2. The number of benzene rings is 3. The minimum atomic E-state index is -0.515. The van der Waals surface area contributed by atoms with E-state index in [-0.39, 0.29) is 29.7 Å². The minimum absolute atomic E-state index is 0.0504. The standard InChI is InChI=1S/C30H26FN3O5/c31-25-8-5-19-13-27(25)39-23-6-7-24-20(15-23)9-11-34(30(36)26-17-37-18-33-26)29(24)21-3-1-4-22(16-21)38-12-2-10-32-28(35)14-19/h1,3-8,13,15-18,29H,2,9-12,14H2,(H,32,35). The number of fused-ring (bicyclic) bond motifs is 7. The molecule has 3 aliphatic heterocycles. The van der Waals surface area contributed by atoms with Gasteiger partial charge in [0.2, 0.25) is 5.91 Å². The van der Waals surface area contributed by atoms with Crippen LogP contribution in [0.5, 0.6) is 17.2 Å². The number of carbonyl (C=O) groups excluding carboxylic acids is 2. The quantitative estimate of drug-likeness (QED) is 0.381. The maximum absolute atomic E-state index is 14.6. The monoisotopic (exact) mass is 527 g/mol. The van der Waals surface area contributed by atoms with Crippen molar-refractivity contribution in [1.82, 2.24) is 15.2 Å². The van der Waals surface area contributed by atoms with Gasteiger partial charge in [0.05, 0.1) is 19.1 Å². The number of halogens is 1. The van der Waals surface area contributed by atoms with Gasteiger partial charge < -0.3 is 24.1 Å². The summed E-state index contributed by atoms with van der Waals surface area (Å²) in [5.41, 5.74) is 3.68. The first kappa shape index (κ1) is 24.7. The normalized spacial score (nSPS) is 17.2. The van der Waals surface area contributed by atoms with E-state index in [1.807, 2.05) is 36.4 Å². The first-order chi connectivity index (χ1) is 19.0. The highest BCUT2D eigenvalue weighted by Gasteiger charge is 2.34. The molecule has 2 amide bonds. The van der Waals surface area contributed by atoms with E-state index in [4.69, 9.17) is 13.9 Å². The number of carbonyl (C=O) groups is 2. The van der Waals surface area contributed by atoms with Gasteiger partial charge in [0.1, 0.15) is 17.8 Å². The van der Waals surface area contributed by atoms with E-state index in [0.717, 1.165) is 16.7 Å². The summed E-state index contributed by atoms with van der Waals surface area (Å²) >= 11 is 0. The van der Waals surface area contributed by atoms with Gasteiger partial charge in [0.25, 0.3) is 5.91 Å². The summed E-state index contributed by atoms with van der Waals surface area (Å²) in [5.74, 6) is 0.278. The molecule has 3 aliphatic rings. The molecule has 8 bridgehead atoms.